The Morgan fingerprint density at radius 3 is 1.45 bits per heavy atom. The molecule has 0 heterocycles. The van der Waals surface area contributed by atoms with Gasteiger partial charge < -0.3 is 4.74 Å². The van der Waals surface area contributed by atoms with E-state index < -0.39 is 0 Å². The van der Waals surface area contributed by atoms with Crippen LogP contribution in [0.25, 0.3) is 0 Å². The third kappa shape index (κ3) is 43.6. The van der Waals surface area contributed by atoms with E-state index in [1.165, 1.54) is 5.56 Å². The molecule has 0 aliphatic carbocycles. The van der Waals surface area contributed by atoms with E-state index in [0.717, 1.165) is 6.61 Å². The fourth-order valence-electron chi connectivity index (χ4n) is 0.736. The van der Waals surface area contributed by atoms with Crippen LogP contribution in [0.3, 0.4) is 0 Å². The zero-order valence-corrected chi connectivity index (χ0v) is 8.49. The molecule has 1 nitrogen and oxygen atoms in total. The molecule has 0 atom stereocenters. The van der Waals surface area contributed by atoms with E-state index in [-0.39, 0.29) is 52.0 Å². The molecule has 0 amide bonds. The van der Waals surface area contributed by atoms with Crippen LogP contribution in [0.1, 0.15) is 64.5 Å². The van der Waals surface area contributed by atoms with Gasteiger partial charge in [0, 0.05) is 6.61 Å². The second-order valence-electron chi connectivity index (χ2n) is 2.60. The second kappa shape index (κ2) is 43.0. The van der Waals surface area contributed by atoms with Crippen LogP contribution in [0.5, 0.6) is 0 Å². The van der Waals surface area contributed by atoms with Crippen molar-refractivity contribution in [1.82, 2.24) is 0 Å². The van der Waals surface area contributed by atoms with Gasteiger partial charge >= 0.3 is 0 Å². The van der Waals surface area contributed by atoms with E-state index in [2.05, 4.69) is 25.6 Å². The van der Waals surface area contributed by atoms with Gasteiger partial charge in [0.1, 0.15) is 0 Å². The van der Waals surface area contributed by atoms with Crippen molar-refractivity contribution in [3.05, 3.63) is 48.6 Å². The summed E-state index contributed by atoms with van der Waals surface area (Å²) in [5.41, 5.74) is 1.32. The first-order valence-corrected chi connectivity index (χ1v) is 4.51. The van der Waals surface area contributed by atoms with Gasteiger partial charge in [-0.25, -0.2) is 0 Å². The highest BCUT2D eigenvalue weighted by molar-refractivity contribution is 5.11. The molecular formula is C19H46O. The Bertz CT molecular complexity index is 204. The third-order valence-corrected chi connectivity index (χ3v) is 1.38. The summed E-state index contributed by atoms with van der Waals surface area (Å²) in [5.74, 6) is 0. The molecule has 0 spiro atoms. The zero-order valence-electron chi connectivity index (χ0n) is 8.49. The Kier molecular flexibility index (Phi) is 110. The Hall–Kier alpha value is -1.08. The minimum atomic E-state index is 0. The minimum absolute atomic E-state index is 0. The first-order chi connectivity index (χ1) is 6.31. The van der Waals surface area contributed by atoms with Crippen LogP contribution in [-0.4, -0.2) is 13.2 Å². The normalized spacial score (nSPS) is 5.50. The summed E-state index contributed by atoms with van der Waals surface area (Å²) in [6.45, 7) is 8.98. The molecule has 0 N–H and O–H groups in total. The van der Waals surface area contributed by atoms with Gasteiger partial charge in [-0.2, -0.15) is 0 Å². The predicted molar refractivity (Wildman–Crippen MR) is 105 cm³/mol. The summed E-state index contributed by atoms with van der Waals surface area (Å²) in [6.07, 6.45) is 1.74. The summed E-state index contributed by atoms with van der Waals surface area (Å²) >= 11 is 0. The molecule has 0 unspecified atom stereocenters. The lowest BCUT2D eigenvalue weighted by atomic mass is 10.2. The first kappa shape index (κ1) is 51.0. The number of ether oxygens (including phenoxy) is 1. The molecule has 0 aromatic heterocycles. The standard InChI is InChI=1S/C7H8.C5H10O.7CH4/c1-7-5-3-2-4-6-7;1-3-5-6-4-2;;;;;;;/h2-6H,1H3;3H,1,4-5H2,2H3;7*1H4. The van der Waals surface area contributed by atoms with Crippen molar-refractivity contribution in [1.29, 1.82) is 0 Å². The topological polar surface area (TPSA) is 9.23 Å². The maximum absolute atomic E-state index is 4.86. The molecule has 20 heavy (non-hydrogen) atoms. The highest BCUT2D eigenvalue weighted by atomic mass is 16.5. The van der Waals surface area contributed by atoms with E-state index in [0.29, 0.717) is 6.61 Å². The molecular weight excluding hydrogens is 244 g/mol. The van der Waals surface area contributed by atoms with Gasteiger partial charge in [-0.3, -0.25) is 0 Å². The fourth-order valence-corrected chi connectivity index (χ4v) is 0.736. The summed E-state index contributed by atoms with van der Waals surface area (Å²) in [4.78, 5) is 0. The van der Waals surface area contributed by atoms with Crippen molar-refractivity contribution in [2.24, 2.45) is 0 Å². The lowest BCUT2D eigenvalue weighted by Gasteiger charge is -1.88. The Labute approximate surface area is 133 Å². The van der Waals surface area contributed by atoms with E-state index in [1.54, 1.807) is 6.08 Å². The molecule has 0 saturated carbocycles. The largest absolute Gasteiger partial charge is 0.378 e. The highest BCUT2D eigenvalue weighted by Gasteiger charge is 1.72. The number of aryl methyl sites for hydroxylation is 1. The fraction of sp³-hybridized carbons (Fsp3) is 0.579. The average Bonchev–Trinajstić information content (AvgIpc) is 2.17. The predicted octanol–water partition coefficient (Wildman–Crippen LogP) is 7.66. The number of rotatable bonds is 3. The smallest absolute Gasteiger partial charge is 0.0644 e. The molecule has 1 rings (SSSR count). The van der Waals surface area contributed by atoms with Gasteiger partial charge in [-0.05, 0) is 13.8 Å². The lowest BCUT2D eigenvalue weighted by Crippen LogP contribution is -1.86. The third-order valence-electron chi connectivity index (χ3n) is 1.38. The Morgan fingerprint density at radius 2 is 1.30 bits per heavy atom. The van der Waals surface area contributed by atoms with Crippen molar-refractivity contribution >= 4 is 0 Å². The van der Waals surface area contributed by atoms with Gasteiger partial charge in [-0.1, -0.05) is 94.0 Å². The SMILES string of the molecule is C.C.C.C.C.C.C.C=CCOCC.Cc1ccccc1. The van der Waals surface area contributed by atoms with Gasteiger partial charge in [0.25, 0.3) is 0 Å². The van der Waals surface area contributed by atoms with Crippen LogP contribution in [0.2, 0.25) is 0 Å². The molecule has 1 heteroatoms. The van der Waals surface area contributed by atoms with Gasteiger partial charge in [0.2, 0.25) is 0 Å². The van der Waals surface area contributed by atoms with Gasteiger partial charge in [-0.15, -0.1) is 6.58 Å². The van der Waals surface area contributed by atoms with Crippen LogP contribution >= 0.6 is 0 Å². The van der Waals surface area contributed by atoms with E-state index in [9.17, 15) is 0 Å². The molecule has 0 aliphatic rings. The number of hydrogen-bond donors (Lipinski definition) is 0. The van der Waals surface area contributed by atoms with Crippen LogP contribution in [0.4, 0.5) is 0 Å². The van der Waals surface area contributed by atoms with Gasteiger partial charge in [0.05, 0.1) is 6.61 Å². The summed E-state index contributed by atoms with van der Waals surface area (Å²) in [6, 6.07) is 10.3. The van der Waals surface area contributed by atoms with Crippen LogP contribution in [0, 0.1) is 6.92 Å². The number of hydrogen-bond acceptors (Lipinski definition) is 1. The van der Waals surface area contributed by atoms with E-state index in [1.807, 2.05) is 25.1 Å². The zero-order chi connectivity index (χ0) is 9.94. The lowest BCUT2D eigenvalue weighted by molar-refractivity contribution is 0.178. The molecule has 0 radical (unpaired) electrons. The molecule has 0 bridgehead atoms. The van der Waals surface area contributed by atoms with Crippen LogP contribution in [0.15, 0.2) is 43.0 Å². The molecule has 0 fully saturated rings. The minimum Gasteiger partial charge on any atom is -0.378 e. The van der Waals surface area contributed by atoms with E-state index in [4.69, 9.17) is 4.74 Å². The number of benzene rings is 1. The quantitative estimate of drug-likeness (QED) is 0.410. The second-order valence-corrected chi connectivity index (χ2v) is 2.60. The van der Waals surface area contributed by atoms with Crippen molar-refractivity contribution in [3.63, 3.8) is 0 Å². The molecule has 0 aliphatic heterocycles. The monoisotopic (exact) mass is 290 g/mol. The summed E-state index contributed by atoms with van der Waals surface area (Å²) in [7, 11) is 0. The highest BCUT2D eigenvalue weighted by Crippen LogP contribution is 1.92. The molecule has 0 saturated heterocycles. The average molecular weight is 291 g/mol. The molecule has 1 aromatic carbocycles. The maximum atomic E-state index is 4.86. The summed E-state index contributed by atoms with van der Waals surface area (Å²) in [5, 5.41) is 0. The van der Waals surface area contributed by atoms with Gasteiger partial charge in [0.15, 0.2) is 0 Å². The van der Waals surface area contributed by atoms with Crippen LogP contribution < -0.4 is 0 Å². The molecule has 1 aromatic rings. The first-order valence-electron chi connectivity index (χ1n) is 4.51. The molecule has 128 valence electrons. The van der Waals surface area contributed by atoms with Crippen molar-refractivity contribution in [3.8, 4) is 0 Å². The van der Waals surface area contributed by atoms with Crippen LogP contribution in [-0.2, 0) is 4.74 Å². The Balaban J connectivity index is -0.0000000179. The van der Waals surface area contributed by atoms with Crippen molar-refractivity contribution in [2.75, 3.05) is 13.2 Å². The summed E-state index contributed by atoms with van der Waals surface area (Å²) < 4.78 is 4.86. The van der Waals surface area contributed by atoms with Crippen molar-refractivity contribution < 1.29 is 4.74 Å². The van der Waals surface area contributed by atoms with E-state index >= 15 is 0 Å². The Morgan fingerprint density at radius 1 is 0.900 bits per heavy atom. The maximum Gasteiger partial charge on any atom is 0.0644 e. The van der Waals surface area contributed by atoms with Crippen molar-refractivity contribution in [2.45, 2.75) is 65.8 Å².